The first-order valence-electron chi connectivity index (χ1n) is 16.6. The van der Waals surface area contributed by atoms with Crippen LogP contribution in [0.4, 0.5) is 0 Å². The molecule has 248 valence electrons. The molecule has 4 aliphatic carbocycles. The number of carbonyl (C=O) groups is 2. The van der Waals surface area contributed by atoms with E-state index < -0.39 is 58.9 Å². The van der Waals surface area contributed by atoms with Crippen LogP contribution in [0.2, 0.25) is 0 Å². The van der Waals surface area contributed by atoms with Crippen LogP contribution < -0.4 is 0 Å². The fourth-order valence-electron chi connectivity index (χ4n) is 9.72. The summed E-state index contributed by atoms with van der Waals surface area (Å²) in [6.45, 7) is 20.5. The highest BCUT2D eigenvalue weighted by molar-refractivity contribution is 5.70. The lowest BCUT2D eigenvalue weighted by molar-refractivity contribution is -0.198. The summed E-state index contributed by atoms with van der Waals surface area (Å²) in [4.78, 5) is 25.2. The Morgan fingerprint density at radius 2 is 1.68 bits per heavy atom. The van der Waals surface area contributed by atoms with Gasteiger partial charge < -0.3 is 29.9 Å². The van der Waals surface area contributed by atoms with Crippen molar-refractivity contribution in [3.8, 4) is 0 Å². The lowest BCUT2D eigenvalue weighted by Gasteiger charge is -2.62. The minimum atomic E-state index is -1.60. The molecule has 0 radical (unpaired) electrons. The van der Waals surface area contributed by atoms with Gasteiger partial charge in [0.15, 0.2) is 6.29 Å². The van der Waals surface area contributed by atoms with Gasteiger partial charge in [-0.05, 0) is 84.3 Å². The lowest BCUT2D eigenvalue weighted by atomic mass is 9.45. The van der Waals surface area contributed by atoms with Crippen LogP contribution in [0.3, 0.4) is 0 Å². The predicted octanol–water partition coefficient (Wildman–Crippen LogP) is 5.38. The molecule has 8 heteroatoms. The van der Waals surface area contributed by atoms with E-state index in [4.69, 9.17) is 9.47 Å². The Morgan fingerprint density at radius 1 is 1.02 bits per heavy atom. The number of rotatable bonds is 10. The maximum Gasteiger partial charge on any atom is 0.306 e. The fourth-order valence-corrected chi connectivity index (χ4v) is 9.72. The zero-order chi connectivity index (χ0) is 32.9. The molecule has 0 aliphatic heterocycles. The second-order valence-electron chi connectivity index (χ2n) is 15.5. The maximum atomic E-state index is 12.6. The molecule has 0 aromatic carbocycles. The molecular formula is C36H56O8. The Labute approximate surface area is 263 Å². The van der Waals surface area contributed by atoms with Gasteiger partial charge in [-0.3, -0.25) is 9.59 Å². The molecule has 0 heterocycles. The number of fused-ring (bicyclic) bond motifs is 4. The average molecular weight is 617 g/mol. The van der Waals surface area contributed by atoms with Crippen LogP contribution in [0, 0.1) is 39.9 Å². The molecule has 0 saturated heterocycles. The van der Waals surface area contributed by atoms with E-state index in [9.17, 15) is 30.0 Å². The van der Waals surface area contributed by atoms with Crippen molar-refractivity contribution in [2.24, 2.45) is 39.9 Å². The van der Waals surface area contributed by atoms with E-state index in [-0.39, 0.29) is 31.1 Å². The van der Waals surface area contributed by atoms with Gasteiger partial charge in [0.1, 0.15) is 18.3 Å². The van der Waals surface area contributed by atoms with Crippen molar-refractivity contribution in [1.29, 1.82) is 0 Å². The predicted molar refractivity (Wildman–Crippen MR) is 168 cm³/mol. The first-order valence-corrected chi connectivity index (χ1v) is 16.6. The molecule has 9 atom stereocenters. The Kier molecular flexibility index (Phi) is 10.0. The van der Waals surface area contributed by atoms with Crippen LogP contribution in [-0.4, -0.2) is 63.1 Å². The molecular weight excluding hydrogens is 560 g/mol. The SMILES string of the molecule is C=C(CC[C@@H](C)[C@H]1CC=C2C3=C(C(O)C(OC(C)=O)C21C)C1(C)CC(O)C(OC(=O)CCC(O)O)C(C)(C)C1CC3)C(C)C. The van der Waals surface area contributed by atoms with Crippen molar-refractivity contribution in [3.05, 3.63) is 34.9 Å². The highest BCUT2D eigenvalue weighted by Crippen LogP contribution is 2.67. The quantitative estimate of drug-likeness (QED) is 0.146. The van der Waals surface area contributed by atoms with Crippen molar-refractivity contribution >= 4 is 11.9 Å². The average Bonchev–Trinajstić information content (AvgIpc) is 3.27. The number of ether oxygens (including phenoxy) is 2. The summed E-state index contributed by atoms with van der Waals surface area (Å²) in [6, 6.07) is 0. The van der Waals surface area contributed by atoms with Crippen LogP contribution in [0.5, 0.6) is 0 Å². The molecule has 44 heavy (non-hydrogen) atoms. The summed E-state index contributed by atoms with van der Waals surface area (Å²) in [5.41, 5.74) is 2.58. The van der Waals surface area contributed by atoms with E-state index >= 15 is 0 Å². The molecule has 0 aromatic heterocycles. The van der Waals surface area contributed by atoms with E-state index in [1.165, 1.54) is 18.1 Å². The molecule has 0 spiro atoms. The maximum absolute atomic E-state index is 12.6. The Balaban J connectivity index is 1.70. The lowest BCUT2D eigenvalue weighted by Crippen LogP contribution is -2.63. The summed E-state index contributed by atoms with van der Waals surface area (Å²) >= 11 is 0. The fraction of sp³-hybridized carbons (Fsp3) is 0.778. The molecule has 7 unspecified atom stereocenters. The zero-order valence-electron chi connectivity index (χ0n) is 28.1. The third-order valence-corrected chi connectivity index (χ3v) is 12.0. The highest BCUT2D eigenvalue weighted by Gasteiger charge is 2.65. The van der Waals surface area contributed by atoms with Crippen LogP contribution in [0.25, 0.3) is 0 Å². The van der Waals surface area contributed by atoms with Crippen molar-refractivity contribution in [2.45, 2.75) is 137 Å². The smallest absolute Gasteiger partial charge is 0.306 e. The Hall–Kier alpha value is -2.00. The zero-order valence-corrected chi connectivity index (χ0v) is 28.1. The minimum absolute atomic E-state index is 0.0332. The van der Waals surface area contributed by atoms with Gasteiger partial charge in [-0.1, -0.05) is 66.7 Å². The summed E-state index contributed by atoms with van der Waals surface area (Å²) in [7, 11) is 0. The molecule has 1 fully saturated rings. The van der Waals surface area contributed by atoms with E-state index in [1.54, 1.807) is 0 Å². The molecule has 0 amide bonds. The summed E-state index contributed by atoms with van der Waals surface area (Å²) in [5, 5.41) is 42.2. The van der Waals surface area contributed by atoms with Crippen LogP contribution in [0.15, 0.2) is 34.9 Å². The normalized spacial score (nSPS) is 36.7. The van der Waals surface area contributed by atoms with Crippen molar-refractivity contribution in [3.63, 3.8) is 0 Å². The molecule has 1 saturated carbocycles. The van der Waals surface area contributed by atoms with Crippen LogP contribution >= 0.6 is 0 Å². The molecule has 4 aliphatic rings. The highest BCUT2D eigenvalue weighted by atomic mass is 16.6. The van der Waals surface area contributed by atoms with E-state index in [0.29, 0.717) is 11.8 Å². The summed E-state index contributed by atoms with van der Waals surface area (Å²) < 4.78 is 11.9. The second kappa shape index (κ2) is 12.7. The standard InChI is InChI=1S/C36H56O8/c1-19(2)20(3)10-11-21(4)24-13-14-25-23-12-15-27-34(6,7)32(44-29(41)17-16-28(39)40)26(38)18-35(27,8)30(23)31(42)33(36(24,25)9)43-22(5)37/h14,19,21,24,26-28,31-33,38-40,42H,3,10-13,15-18H2,1-2,4-9H3/t21-,24-,26?,27?,31?,32?,33?,35?,36?/m1/s1. The van der Waals surface area contributed by atoms with Gasteiger partial charge in [-0.2, -0.15) is 0 Å². The van der Waals surface area contributed by atoms with E-state index in [2.05, 4.69) is 47.3 Å². The summed E-state index contributed by atoms with van der Waals surface area (Å²) in [6.07, 6.45) is 1.43. The molecule has 0 aromatic rings. The van der Waals surface area contributed by atoms with E-state index in [0.717, 1.165) is 43.3 Å². The number of carbonyl (C=O) groups excluding carboxylic acids is 2. The van der Waals surface area contributed by atoms with Crippen LogP contribution in [-0.2, 0) is 19.1 Å². The van der Waals surface area contributed by atoms with Gasteiger partial charge in [0.25, 0.3) is 0 Å². The largest absolute Gasteiger partial charge is 0.459 e. The first-order chi connectivity index (χ1) is 20.4. The third-order valence-electron chi connectivity index (χ3n) is 12.0. The first kappa shape index (κ1) is 34.9. The number of hydrogen-bond acceptors (Lipinski definition) is 8. The molecule has 8 nitrogen and oxygen atoms in total. The second-order valence-corrected chi connectivity index (χ2v) is 15.5. The van der Waals surface area contributed by atoms with Gasteiger partial charge in [0.05, 0.1) is 12.5 Å². The van der Waals surface area contributed by atoms with Crippen LogP contribution in [0.1, 0.15) is 107 Å². The third kappa shape index (κ3) is 5.96. The monoisotopic (exact) mass is 616 g/mol. The molecule has 4 N–H and O–H groups in total. The molecule has 0 bridgehead atoms. The number of aliphatic hydroxyl groups excluding tert-OH is 3. The van der Waals surface area contributed by atoms with E-state index in [1.807, 2.05) is 13.8 Å². The number of hydrogen-bond donors (Lipinski definition) is 4. The number of allylic oxidation sites excluding steroid dienone is 3. The van der Waals surface area contributed by atoms with Gasteiger partial charge >= 0.3 is 11.9 Å². The van der Waals surface area contributed by atoms with Gasteiger partial charge in [0, 0.05) is 24.2 Å². The topological polar surface area (TPSA) is 134 Å². The van der Waals surface area contributed by atoms with Gasteiger partial charge in [0.2, 0.25) is 0 Å². The van der Waals surface area contributed by atoms with Gasteiger partial charge in [-0.25, -0.2) is 0 Å². The van der Waals surface area contributed by atoms with Crippen molar-refractivity contribution in [1.82, 2.24) is 0 Å². The number of esters is 2. The Morgan fingerprint density at radius 3 is 2.27 bits per heavy atom. The van der Waals surface area contributed by atoms with Crippen molar-refractivity contribution < 1.29 is 39.5 Å². The van der Waals surface area contributed by atoms with Gasteiger partial charge in [-0.15, -0.1) is 0 Å². The Bertz CT molecular complexity index is 1200. The number of aliphatic hydroxyl groups is 4. The minimum Gasteiger partial charge on any atom is -0.459 e. The molecule has 4 rings (SSSR count). The van der Waals surface area contributed by atoms with Crippen molar-refractivity contribution in [2.75, 3.05) is 0 Å². The summed E-state index contributed by atoms with van der Waals surface area (Å²) in [5.74, 6) is -0.102.